The zero-order valence-electron chi connectivity index (χ0n) is 10.2. The first-order valence-electron chi connectivity index (χ1n) is 5.67. The van der Waals surface area contributed by atoms with Gasteiger partial charge in [-0.1, -0.05) is 29.9 Å². The van der Waals surface area contributed by atoms with E-state index in [1.54, 1.807) is 0 Å². The normalized spacial score (nSPS) is 9.89. The fraction of sp³-hybridized carbons (Fsp3) is 0.154. The number of carbonyl (C=O) groups excluding carboxylic acids is 1. The van der Waals surface area contributed by atoms with Gasteiger partial charge in [-0.15, -0.1) is 0 Å². The van der Waals surface area contributed by atoms with Crippen LogP contribution in [0, 0.1) is 0 Å². The molecule has 0 aliphatic rings. The zero-order valence-corrected chi connectivity index (χ0v) is 10.2. The summed E-state index contributed by atoms with van der Waals surface area (Å²) in [6.45, 7) is 3.73. The first-order chi connectivity index (χ1) is 9.28. The number of nitrogens with one attached hydrogen (secondary N) is 1. The molecule has 0 radical (unpaired) electrons. The molecule has 2 rings (SSSR count). The van der Waals surface area contributed by atoms with E-state index in [0.29, 0.717) is 11.7 Å². The first-order valence-corrected chi connectivity index (χ1v) is 5.67. The van der Waals surface area contributed by atoms with Crippen molar-refractivity contribution in [3.05, 3.63) is 54.7 Å². The summed E-state index contributed by atoms with van der Waals surface area (Å²) in [5, 5.41) is 6.27. The highest BCUT2D eigenvalue weighted by Crippen LogP contribution is 2.10. The molecule has 0 saturated heterocycles. The van der Waals surface area contributed by atoms with Gasteiger partial charge in [-0.3, -0.25) is 4.79 Å². The molecule has 1 amide bonds. The van der Waals surface area contributed by atoms with Crippen LogP contribution in [-0.2, 0) is 17.9 Å². The maximum absolute atomic E-state index is 11.0. The van der Waals surface area contributed by atoms with Gasteiger partial charge < -0.3 is 14.6 Å². The lowest BCUT2D eigenvalue weighted by Crippen LogP contribution is -2.20. The van der Waals surface area contributed by atoms with E-state index in [-0.39, 0.29) is 19.1 Å². The Morgan fingerprint density at radius 2 is 2.21 bits per heavy atom. The van der Waals surface area contributed by atoms with Gasteiger partial charge in [0.1, 0.15) is 5.75 Å². The number of hydrogen-bond acceptors (Lipinski definition) is 5. The molecule has 1 N–H and O–H groups in total. The van der Waals surface area contributed by atoms with Crippen LogP contribution in [0.4, 0.5) is 0 Å². The Morgan fingerprint density at radius 1 is 1.42 bits per heavy atom. The summed E-state index contributed by atoms with van der Waals surface area (Å²) >= 11 is 0. The molecule has 1 heterocycles. The second kappa shape index (κ2) is 6.34. The van der Waals surface area contributed by atoms with Gasteiger partial charge in [0.25, 0.3) is 5.89 Å². The molecule has 98 valence electrons. The number of ether oxygens (including phenoxy) is 1. The van der Waals surface area contributed by atoms with Gasteiger partial charge in [0, 0.05) is 0 Å². The number of rotatable bonds is 6. The molecule has 1 aromatic heterocycles. The molecule has 0 saturated carbocycles. The Kier molecular flexibility index (Phi) is 4.28. The average Bonchev–Trinajstić information content (AvgIpc) is 2.91. The van der Waals surface area contributed by atoms with E-state index in [4.69, 9.17) is 9.26 Å². The summed E-state index contributed by atoms with van der Waals surface area (Å²) in [5.74, 6) is 1.18. The fourth-order valence-corrected chi connectivity index (χ4v) is 1.32. The van der Waals surface area contributed by atoms with Gasteiger partial charge in [-0.25, -0.2) is 0 Å². The third kappa shape index (κ3) is 3.95. The minimum atomic E-state index is -0.285. The number of aromatic nitrogens is 2. The Bertz CT molecular complexity index is 551. The lowest BCUT2D eigenvalue weighted by Gasteiger charge is -2.01. The number of para-hydroxylation sites is 1. The molecule has 19 heavy (non-hydrogen) atoms. The Hall–Kier alpha value is -2.63. The summed E-state index contributed by atoms with van der Waals surface area (Å²) in [6, 6.07) is 9.32. The fourth-order valence-electron chi connectivity index (χ4n) is 1.32. The molecule has 0 bridgehead atoms. The minimum Gasteiger partial charge on any atom is -0.484 e. The van der Waals surface area contributed by atoms with E-state index < -0.39 is 0 Å². The highest BCUT2D eigenvalue weighted by Gasteiger charge is 2.07. The lowest BCUT2D eigenvalue weighted by molar-refractivity contribution is -0.116. The molecule has 0 unspecified atom stereocenters. The van der Waals surface area contributed by atoms with Gasteiger partial charge in [-0.05, 0) is 18.2 Å². The van der Waals surface area contributed by atoms with Crippen LogP contribution in [0.3, 0.4) is 0 Å². The largest absolute Gasteiger partial charge is 0.484 e. The third-order valence-electron chi connectivity index (χ3n) is 2.22. The van der Waals surface area contributed by atoms with Crippen LogP contribution in [0.2, 0.25) is 0 Å². The van der Waals surface area contributed by atoms with Crippen molar-refractivity contribution in [2.75, 3.05) is 0 Å². The number of amides is 1. The van der Waals surface area contributed by atoms with Crippen LogP contribution in [0.5, 0.6) is 5.75 Å². The highest BCUT2D eigenvalue weighted by atomic mass is 16.5. The monoisotopic (exact) mass is 259 g/mol. The first kappa shape index (κ1) is 12.8. The Labute approximate surface area is 110 Å². The van der Waals surface area contributed by atoms with E-state index in [2.05, 4.69) is 22.0 Å². The van der Waals surface area contributed by atoms with Gasteiger partial charge in [-0.2, -0.15) is 4.98 Å². The number of nitrogens with zero attached hydrogens (tertiary/aromatic N) is 2. The van der Waals surface area contributed by atoms with Crippen LogP contribution >= 0.6 is 0 Å². The second-order valence-electron chi connectivity index (χ2n) is 3.63. The Balaban J connectivity index is 1.84. The second-order valence-corrected chi connectivity index (χ2v) is 3.63. The molecule has 0 atom stereocenters. The minimum absolute atomic E-state index is 0.187. The number of carbonyl (C=O) groups is 1. The SMILES string of the molecule is C=CC(=O)NCc1noc(COc2ccccc2)n1. The van der Waals surface area contributed by atoms with Crippen LogP contribution < -0.4 is 10.1 Å². The highest BCUT2D eigenvalue weighted by molar-refractivity contribution is 5.86. The molecular formula is C13H13N3O3. The number of benzene rings is 1. The maximum Gasteiger partial charge on any atom is 0.264 e. The van der Waals surface area contributed by atoms with Crippen molar-refractivity contribution in [2.45, 2.75) is 13.2 Å². The van der Waals surface area contributed by atoms with Crippen molar-refractivity contribution in [2.24, 2.45) is 0 Å². The van der Waals surface area contributed by atoms with E-state index >= 15 is 0 Å². The lowest BCUT2D eigenvalue weighted by atomic mass is 10.3. The van der Waals surface area contributed by atoms with E-state index in [0.717, 1.165) is 5.75 Å². The van der Waals surface area contributed by atoms with E-state index in [9.17, 15) is 4.79 Å². The van der Waals surface area contributed by atoms with Gasteiger partial charge in [0.05, 0.1) is 6.54 Å². The van der Waals surface area contributed by atoms with Crippen molar-refractivity contribution >= 4 is 5.91 Å². The van der Waals surface area contributed by atoms with Crippen LogP contribution in [0.1, 0.15) is 11.7 Å². The molecule has 0 fully saturated rings. The van der Waals surface area contributed by atoms with Crippen molar-refractivity contribution in [1.29, 1.82) is 0 Å². The van der Waals surface area contributed by atoms with E-state index in [1.807, 2.05) is 30.3 Å². The Morgan fingerprint density at radius 3 is 2.95 bits per heavy atom. The van der Waals surface area contributed by atoms with Crippen LogP contribution in [-0.4, -0.2) is 16.0 Å². The van der Waals surface area contributed by atoms with Crippen LogP contribution in [0.25, 0.3) is 0 Å². The van der Waals surface area contributed by atoms with Crippen molar-refractivity contribution < 1.29 is 14.1 Å². The van der Waals surface area contributed by atoms with Crippen molar-refractivity contribution in [3.8, 4) is 5.75 Å². The number of hydrogen-bond donors (Lipinski definition) is 1. The smallest absolute Gasteiger partial charge is 0.264 e. The molecule has 6 heteroatoms. The summed E-state index contributed by atoms with van der Waals surface area (Å²) < 4.78 is 10.4. The zero-order chi connectivity index (χ0) is 13.5. The topological polar surface area (TPSA) is 77.2 Å². The standard InChI is InChI=1S/C13H13N3O3/c1-2-12(17)14-8-11-15-13(19-16-11)9-18-10-6-4-3-5-7-10/h2-7H,1,8-9H2,(H,14,17). The van der Waals surface area contributed by atoms with Gasteiger partial charge in [0.15, 0.2) is 12.4 Å². The average molecular weight is 259 g/mol. The van der Waals surface area contributed by atoms with Gasteiger partial charge in [0.2, 0.25) is 5.91 Å². The third-order valence-corrected chi connectivity index (χ3v) is 2.22. The quantitative estimate of drug-likeness (QED) is 0.794. The van der Waals surface area contributed by atoms with Crippen LogP contribution in [0.15, 0.2) is 47.5 Å². The predicted octanol–water partition coefficient (Wildman–Crippen LogP) is 1.45. The van der Waals surface area contributed by atoms with Gasteiger partial charge >= 0.3 is 0 Å². The molecule has 0 aliphatic heterocycles. The molecule has 0 aliphatic carbocycles. The molecule has 6 nitrogen and oxygen atoms in total. The van der Waals surface area contributed by atoms with E-state index in [1.165, 1.54) is 6.08 Å². The summed E-state index contributed by atoms with van der Waals surface area (Å²) in [5.41, 5.74) is 0. The molecule has 1 aromatic carbocycles. The maximum atomic E-state index is 11.0. The molecular weight excluding hydrogens is 246 g/mol. The predicted molar refractivity (Wildman–Crippen MR) is 67.1 cm³/mol. The molecule has 2 aromatic rings. The summed E-state index contributed by atoms with van der Waals surface area (Å²) in [4.78, 5) is 15.0. The van der Waals surface area contributed by atoms with Crippen molar-refractivity contribution in [1.82, 2.24) is 15.5 Å². The summed E-state index contributed by atoms with van der Waals surface area (Å²) in [6.07, 6.45) is 1.18. The van der Waals surface area contributed by atoms with Crippen molar-refractivity contribution in [3.63, 3.8) is 0 Å². The molecule has 0 spiro atoms. The summed E-state index contributed by atoms with van der Waals surface area (Å²) in [7, 11) is 0.